The number of hydrogen-bond acceptors (Lipinski definition) is 5. The zero-order valence-corrected chi connectivity index (χ0v) is 14.3. The minimum Gasteiger partial charge on any atom is -0.295 e. The highest BCUT2D eigenvalue weighted by Gasteiger charge is 2.23. The molecule has 1 atom stereocenters. The summed E-state index contributed by atoms with van der Waals surface area (Å²) >= 11 is 1.83. The van der Waals surface area contributed by atoms with E-state index in [1.807, 2.05) is 11.3 Å². The average molecular weight is 343 g/mol. The Kier molecular flexibility index (Phi) is 4.44. The second-order valence-electron chi connectivity index (χ2n) is 6.35. The maximum Gasteiger partial charge on any atom is 0.274 e. The van der Waals surface area contributed by atoms with Crippen LogP contribution in [0.3, 0.4) is 0 Å². The number of thiophene rings is 1. The lowest BCUT2D eigenvalue weighted by molar-refractivity contribution is 0.131. The van der Waals surface area contributed by atoms with Gasteiger partial charge in [0.2, 0.25) is 0 Å². The first kappa shape index (κ1) is 15.5. The van der Waals surface area contributed by atoms with E-state index < -0.39 is 0 Å². The highest BCUT2D eigenvalue weighted by atomic mass is 32.1. The lowest BCUT2D eigenvalue weighted by Crippen LogP contribution is -2.39. The van der Waals surface area contributed by atoms with Crippen molar-refractivity contribution in [2.24, 2.45) is 0 Å². The number of nitrogens with one attached hydrogen (secondary N) is 1. The minimum atomic E-state index is -0.0976. The summed E-state index contributed by atoms with van der Waals surface area (Å²) in [7, 11) is 0. The van der Waals surface area contributed by atoms with Gasteiger partial charge in [-0.15, -0.1) is 11.3 Å². The van der Waals surface area contributed by atoms with Crippen molar-refractivity contribution >= 4 is 17.1 Å². The van der Waals surface area contributed by atoms with Crippen molar-refractivity contribution in [1.82, 2.24) is 24.5 Å². The Labute approximate surface area is 144 Å². The first-order valence-electron chi connectivity index (χ1n) is 8.48. The van der Waals surface area contributed by atoms with Crippen LogP contribution in [0.25, 0.3) is 5.78 Å². The van der Waals surface area contributed by atoms with Crippen molar-refractivity contribution in [2.45, 2.75) is 44.7 Å². The molecule has 24 heavy (non-hydrogen) atoms. The number of aryl methyl sites for hydroxylation is 1. The maximum absolute atomic E-state index is 12.1. The third kappa shape index (κ3) is 3.27. The molecule has 0 aromatic carbocycles. The number of aromatic nitrogens is 4. The van der Waals surface area contributed by atoms with E-state index in [2.05, 4.69) is 37.5 Å². The van der Waals surface area contributed by atoms with Crippen LogP contribution < -0.4 is 5.56 Å². The molecule has 0 unspecified atom stereocenters. The van der Waals surface area contributed by atoms with Gasteiger partial charge in [0.15, 0.2) is 0 Å². The monoisotopic (exact) mass is 343 g/mol. The molecule has 0 amide bonds. The fourth-order valence-electron chi connectivity index (χ4n) is 3.52. The van der Waals surface area contributed by atoms with Gasteiger partial charge in [0.1, 0.15) is 6.33 Å². The van der Waals surface area contributed by atoms with Crippen LogP contribution >= 0.6 is 11.3 Å². The summed E-state index contributed by atoms with van der Waals surface area (Å²) in [4.78, 5) is 24.7. The van der Waals surface area contributed by atoms with E-state index in [1.165, 1.54) is 41.4 Å². The van der Waals surface area contributed by atoms with E-state index in [0.717, 1.165) is 25.2 Å². The van der Waals surface area contributed by atoms with Gasteiger partial charge in [-0.25, -0.2) is 9.97 Å². The summed E-state index contributed by atoms with van der Waals surface area (Å²) in [6.45, 7) is 1.81. The summed E-state index contributed by atoms with van der Waals surface area (Å²) in [5.74, 6) is 0.449. The number of likely N-dealkylation sites (tertiary alicyclic amines) is 1. The second kappa shape index (κ2) is 6.86. The fourth-order valence-corrected chi connectivity index (χ4v) is 4.24. The molecule has 1 fully saturated rings. The van der Waals surface area contributed by atoms with Crippen molar-refractivity contribution in [3.05, 3.63) is 50.8 Å². The zero-order chi connectivity index (χ0) is 16.4. The van der Waals surface area contributed by atoms with Crippen LogP contribution in [0, 0.1) is 0 Å². The lowest BCUT2D eigenvalue weighted by atomic mass is 9.97. The Morgan fingerprint density at radius 2 is 2.33 bits per heavy atom. The van der Waals surface area contributed by atoms with Gasteiger partial charge in [-0.05, 0) is 43.7 Å². The highest BCUT2D eigenvalue weighted by molar-refractivity contribution is 7.09. The summed E-state index contributed by atoms with van der Waals surface area (Å²) < 4.78 is 1.37. The molecule has 126 valence electrons. The summed E-state index contributed by atoms with van der Waals surface area (Å²) in [6.07, 6.45) is 7.55. The van der Waals surface area contributed by atoms with Gasteiger partial charge < -0.3 is 0 Å². The topological polar surface area (TPSA) is 66.3 Å². The molecule has 4 heterocycles. The minimum absolute atomic E-state index is 0.0976. The number of rotatable bonds is 5. The lowest BCUT2D eigenvalue weighted by Gasteiger charge is -2.35. The number of H-pyrrole nitrogens is 1. The van der Waals surface area contributed by atoms with Gasteiger partial charge in [-0.2, -0.15) is 4.52 Å². The standard InChI is InChI=1S/C17H21N5OS/c23-16-10-13(20-17-18-12-19-22(16)17)11-21-8-2-1-4-14(21)6-7-15-5-3-9-24-15/h3,5,9-10,12,14H,1-2,4,6-8,11H2,(H,18,19,20)/t14-/m1/s1. The molecular formula is C17H21N5OS. The van der Waals surface area contributed by atoms with E-state index in [0.29, 0.717) is 11.8 Å². The molecule has 1 N–H and O–H groups in total. The van der Waals surface area contributed by atoms with Crippen LogP contribution in [0.5, 0.6) is 0 Å². The second-order valence-corrected chi connectivity index (χ2v) is 7.38. The largest absolute Gasteiger partial charge is 0.295 e. The van der Waals surface area contributed by atoms with E-state index in [1.54, 1.807) is 6.07 Å². The SMILES string of the molecule is O=c1cc(CN2CCCC[C@@H]2CCc2cccs2)nc2nc[nH]n12. The molecule has 0 radical (unpaired) electrons. The van der Waals surface area contributed by atoms with Gasteiger partial charge in [0, 0.05) is 23.5 Å². The van der Waals surface area contributed by atoms with Crippen molar-refractivity contribution in [2.75, 3.05) is 6.54 Å². The number of nitrogens with zero attached hydrogens (tertiary/aromatic N) is 4. The van der Waals surface area contributed by atoms with Crippen molar-refractivity contribution in [1.29, 1.82) is 0 Å². The molecule has 1 saturated heterocycles. The Bertz CT molecular complexity index is 853. The van der Waals surface area contributed by atoms with E-state index in [9.17, 15) is 4.79 Å². The van der Waals surface area contributed by atoms with Crippen molar-refractivity contribution in [3.63, 3.8) is 0 Å². The van der Waals surface area contributed by atoms with E-state index in [-0.39, 0.29) is 5.56 Å². The molecule has 0 spiro atoms. The molecule has 0 saturated carbocycles. The molecule has 3 aromatic rings. The van der Waals surface area contributed by atoms with Crippen molar-refractivity contribution in [3.8, 4) is 0 Å². The number of piperidine rings is 1. The van der Waals surface area contributed by atoms with Crippen LogP contribution in [-0.4, -0.2) is 37.1 Å². The first-order valence-corrected chi connectivity index (χ1v) is 9.36. The van der Waals surface area contributed by atoms with Gasteiger partial charge in [-0.1, -0.05) is 12.5 Å². The Morgan fingerprint density at radius 3 is 3.21 bits per heavy atom. The van der Waals surface area contributed by atoms with E-state index >= 15 is 0 Å². The Hall–Kier alpha value is -1.99. The number of hydrogen-bond donors (Lipinski definition) is 1. The van der Waals surface area contributed by atoms with Gasteiger partial charge in [0.05, 0.1) is 5.69 Å². The molecule has 1 aliphatic rings. The summed E-state index contributed by atoms with van der Waals surface area (Å²) in [5.41, 5.74) is 0.717. The van der Waals surface area contributed by atoms with Crippen LogP contribution in [0.2, 0.25) is 0 Å². The highest BCUT2D eigenvalue weighted by Crippen LogP contribution is 2.24. The van der Waals surface area contributed by atoms with Crippen LogP contribution in [0.15, 0.2) is 34.7 Å². The quantitative estimate of drug-likeness (QED) is 0.773. The molecular weight excluding hydrogens is 322 g/mol. The smallest absolute Gasteiger partial charge is 0.274 e. The molecule has 0 bridgehead atoms. The summed E-state index contributed by atoms with van der Waals surface area (Å²) in [6, 6.07) is 6.53. The van der Waals surface area contributed by atoms with Crippen LogP contribution in [0.1, 0.15) is 36.3 Å². The Balaban J connectivity index is 1.48. The molecule has 6 nitrogen and oxygen atoms in total. The maximum atomic E-state index is 12.1. The zero-order valence-electron chi connectivity index (χ0n) is 13.5. The predicted octanol–water partition coefficient (Wildman–Crippen LogP) is 2.47. The molecule has 7 heteroatoms. The van der Waals surface area contributed by atoms with Gasteiger partial charge in [0.25, 0.3) is 11.3 Å². The molecule has 0 aliphatic carbocycles. The van der Waals surface area contributed by atoms with Crippen LogP contribution in [-0.2, 0) is 13.0 Å². The van der Waals surface area contributed by atoms with Gasteiger partial charge >= 0.3 is 0 Å². The van der Waals surface area contributed by atoms with Crippen molar-refractivity contribution < 1.29 is 0 Å². The third-order valence-corrected chi connectivity index (χ3v) is 5.68. The first-order chi connectivity index (χ1) is 11.8. The van der Waals surface area contributed by atoms with Gasteiger partial charge in [-0.3, -0.25) is 14.8 Å². The number of aromatic amines is 1. The predicted molar refractivity (Wildman–Crippen MR) is 94.3 cm³/mol. The van der Waals surface area contributed by atoms with Crippen LogP contribution in [0.4, 0.5) is 0 Å². The number of fused-ring (bicyclic) bond motifs is 1. The molecule has 4 rings (SSSR count). The fraction of sp³-hybridized carbons (Fsp3) is 0.471. The normalized spacial score (nSPS) is 19.1. The molecule has 1 aliphatic heterocycles. The molecule has 3 aromatic heterocycles. The summed E-state index contributed by atoms with van der Waals surface area (Å²) in [5, 5.41) is 4.92. The van der Waals surface area contributed by atoms with E-state index in [4.69, 9.17) is 0 Å². The average Bonchev–Trinajstić information content (AvgIpc) is 3.25. The Morgan fingerprint density at radius 1 is 1.38 bits per heavy atom. The third-order valence-electron chi connectivity index (χ3n) is 4.74.